The molecule has 1 aromatic carbocycles. The van der Waals surface area contributed by atoms with E-state index >= 15 is 0 Å². The van der Waals surface area contributed by atoms with E-state index in [1.165, 1.54) is 4.68 Å². The first-order chi connectivity index (χ1) is 11.5. The molecule has 0 fully saturated rings. The molecular weight excluding hydrogens is 330 g/mol. The van der Waals surface area contributed by atoms with Gasteiger partial charge in [0.05, 0.1) is 23.6 Å². The summed E-state index contributed by atoms with van der Waals surface area (Å²) >= 11 is 1.16. The summed E-state index contributed by atoms with van der Waals surface area (Å²) in [6.45, 7) is 3.97. The van der Waals surface area contributed by atoms with Gasteiger partial charge in [0.1, 0.15) is 5.82 Å². The molecule has 0 saturated heterocycles. The molecule has 0 atom stereocenters. The molecule has 1 amide bonds. The van der Waals surface area contributed by atoms with E-state index < -0.39 is 5.97 Å². The number of hydrogen-bond donors (Lipinski definition) is 2. The molecule has 0 aliphatic rings. The highest BCUT2D eigenvalue weighted by Crippen LogP contribution is 2.18. The van der Waals surface area contributed by atoms with Gasteiger partial charge in [0.2, 0.25) is 11.1 Å². The van der Waals surface area contributed by atoms with E-state index in [4.69, 9.17) is 10.6 Å². The maximum atomic E-state index is 12.1. The van der Waals surface area contributed by atoms with Gasteiger partial charge in [-0.2, -0.15) is 0 Å². The molecule has 24 heavy (non-hydrogen) atoms. The summed E-state index contributed by atoms with van der Waals surface area (Å²) < 4.78 is 6.43. The van der Waals surface area contributed by atoms with Gasteiger partial charge in [-0.15, -0.1) is 10.2 Å². The Hall–Kier alpha value is -2.55. The van der Waals surface area contributed by atoms with Crippen molar-refractivity contribution in [3.63, 3.8) is 0 Å². The minimum atomic E-state index is -0.460. The Kier molecular flexibility index (Phi) is 6.19. The lowest BCUT2D eigenvalue weighted by atomic mass is 10.2. The Morgan fingerprint density at radius 1 is 1.33 bits per heavy atom. The summed E-state index contributed by atoms with van der Waals surface area (Å²) in [6, 6.07) is 6.72. The number of thioether (sulfide) groups is 1. The molecule has 2 aromatic rings. The summed E-state index contributed by atoms with van der Waals surface area (Å²) in [7, 11) is 0. The van der Waals surface area contributed by atoms with Crippen LogP contribution in [0.4, 0.5) is 5.69 Å². The second kappa shape index (κ2) is 8.34. The summed E-state index contributed by atoms with van der Waals surface area (Å²) in [4.78, 5) is 24.1. The average Bonchev–Trinajstić information content (AvgIpc) is 2.90. The van der Waals surface area contributed by atoms with Gasteiger partial charge in [0, 0.05) is 0 Å². The lowest BCUT2D eigenvalue weighted by Gasteiger charge is -2.10. The van der Waals surface area contributed by atoms with Gasteiger partial charge >= 0.3 is 5.97 Å². The molecule has 9 heteroatoms. The fourth-order valence-corrected chi connectivity index (χ4v) is 2.51. The number of ether oxygens (including phenoxy) is 1. The molecule has 2 rings (SSSR count). The first kappa shape index (κ1) is 17.8. The van der Waals surface area contributed by atoms with E-state index in [2.05, 4.69) is 15.5 Å². The fourth-order valence-electron chi connectivity index (χ4n) is 1.81. The van der Waals surface area contributed by atoms with Gasteiger partial charge in [-0.25, -0.2) is 9.47 Å². The molecular formula is C15H19N5O3S. The Labute approximate surface area is 143 Å². The summed E-state index contributed by atoms with van der Waals surface area (Å²) in [5, 5.41) is 10.8. The molecule has 0 aliphatic heterocycles. The molecule has 0 spiro atoms. The van der Waals surface area contributed by atoms with Crippen molar-refractivity contribution in [2.24, 2.45) is 0 Å². The lowest BCUT2D eigenvalue weighted by Crippen LogP contribution is -2.18. The molecule has 0 saturated carbocycles. The van der Waals surface area contributed by atoms with Crippen LogP contribution < -0.4 is 11.2 Å². The Balaban J connectivity index is 1.98. The number of nitrogen functional groups attached to an aromatic ring is 1. The largest absolute Gasteiger partial charge is 0.462 e. The number of carbonyl (C=O) groups excluding carboxylic acids is 2. The van der Waals surface area contributed by atoms with Crippen LogP contribution in [0.1, 0.15) is 29.5 Å². The predicted molar refractivity (Wildman–Crippen MR) is 91.3 cm³/mol. The number of rotatable bonds is 7. The second-order valence-electron chi connectivity index (χ2n) is 4.92. The third-order valence-electron chi connectivity index (χ3n) is 3.03. The Morgan fingerprint density at radius 2 is 2.08 bits per heavy atom. The van der Waals surface area contributed by atoms with Crippen LogP contribution in [0.15, 0.2) is 29.4 Å². The smallest absolute Gasteiger partial charge is 0.340 e. The van der Waals surface area contributed by atoms with Crippen LogP contribution in [0, 0.1) is 6.92 Å². The van der Waals surface area contributed by atoms with Crippen LogP contribution in [0.25, 0.3) is 0 Å². The zero-order valence-corrected chi connectivity index (χ0v) is 14.3. The van der Waals surface area contributed by atoms with E-state index in [0.717, 1.165) is 18.2 Å². The van der Waals surface area contributed by atoms with Crippen LogP contribution in [0.5, 0.6) is 0 Å². The first-order valence-electron chi connectivity index (χ1n) is 7.38. The number of nitrogens with two attached hydrogens (primary N) is 1. The van der Waals surface area contributed by atoms with Gasteiger partial charge in [-0.05, 0) is 25.5 Å². The molecule has 1 heterocycles. The number of esters is 1. The van der Waals surface area contributed by atoms with Crippen LogP contribution in [0.3, 0.4) is 0 Å². The molecule has 3 N–H and O–H groups in total. The van der Waals surface area contributed by atoms with Crippen molar-refractivity contribution in [1.29, 1.82) is 0 Å². The van der Waals surface area contributed by atoms with Crippen LogP contribution >= 0.6 is 11.8 Å². The number of benzene rings is 1. The molecule has 1 aromatic heterocycles. The predicted octanol–water partition coefficient (Wildman–Crippen LogP) is 1.60. The van der Waals surface area contributed by atoms with E-state index in [-0.39, 0.29) is 11.7 Å². The highest BCUT2D eigenvalue weighted by atomic mass is 32.2. The summed E-state index contributed by atoms with van der Waals surface area (Å²) in [5.74, 6) is 5.64. The standard InChI is InChI=1S/C15H19N5O3S/c1-3-8-23-14(22)11-6-4-5-7-12(11)17-13(21)9-24-15-19-18-10(2)20(15)16/h4-7H,3,8-9,16H2,1-2H3,(H,17,21). The van der Waals surface area contributed by atoms with E-state index in [9.17, 15) is 9.59 Å². The van der Waals surface area contributed by atoms with Crippen molar-refractivity contribution in [2.45, 2.75) is 25.4 Å². The van der Waals surface area contributed by atoms with Gasteiger partial charge in [-0.1, -0.05) is 30.8 Å². The van der Waals surface area contributed by atoms with E-state index in [0.29, 0.717) is 28.8 Å². The van der Waals surface area contributed by atoms with Crippen molar-refractivity contribution in [3.8, 4) is 0 Å². The summed E-state index contributed by atoms with van der Waals surface area (Å²) in [6.07, 6.45) is 0.732. The number of hydrogen-bond acceptors (Lipinski definition) is 7. The van der Waals surface area contributed by atoms with Crippen LogP contribution in [-0.2, 0) is 9.53 Å². The van der Waals surface area contributed by atoms with Crippen molar-refractivity contribution in [2.75, 3.05) is 23.5 Å². The van der Waals surface area contributed by atoms with E-state index in [1.807, 2.05) is 6.92 Å². The van der Waals surface area contributed by atoms with Crippen LogP contribution in [0.2, 0.25) is 0 Å². The molecule has 8 nitrogen and oxygen atoms in total. The zero-order valence-electron chi connectivity index (χ0n) is 13.5. The maximum absolute atomic E-state index is 12.1. The second-order valence-corrected chi connectivity index (χ2v) is 5.86. The van der Waals surface area contributed by atoms with Gasteiger partial charge < -0.3 is 15.9 Å². The molecule has 128 valence electrons. The van der Waals surface area contributed by atoms with Crippen molar-refractivity contribution < 1.29 is 14.3 Å². The Bertz CT molecular complexity index is 732. The number of nitrogens with zero attached hydrogens (tertiary/aromatic N) is 3. The van der Waals surface area contributed by atoms with Crippen molar-refractivity contribution >= 4 is 29.3 Å². The maximum Gasteiger partial charge on any atom is 0.340 e. The number of aryl methyl sites for hydroxylation is 1. The van der Waals surface area contributed by atoms with Crippen molar-refractivity contribution in [1.82, 2.24) is 14.9 Å². The van der Waals surface area contributed by atoms with Gasteiger partial charge in [0.25, 0.3) is 0 Å². The average molecular weight is 349 g/mol. The molecule has 0 unspecified atom stereocenters. The highest BCUT2D eigenvalue weighted by Gasteiger charge is 2.15. The number of carbonyl (C=O) groups is 2. The third-order valence-corrected chi connectivity index (χ3v) is 3.97. The topological polar surface area (TPSA) is 112 Å². The van der Waals surface area contributed by atoms with Gasteiger partial charge in [0.15, 0.2) is 0 Å². The number of nitrogens with one attached hydrogen (secondary N) is 1. The first-order valence-corrected chi connectivity index (χ1v) is 8.37. The third kappa shape index (κ3) is 4.48. The minimum Gasteiger partial charge on any atom is -0.462 e. The minimum absolute atomic E-state index is 0.0909. The normalized spacial score (nSPS) is 10.4. The molecule has 0 radical (unpaired) electrons. The molecule has 0 bridgehead atoms. The van der Waals surface area contributed by atoms with Crippen LogP contribution in [-0.4, -0.2) is 39.1 Å². The number of aromatic nitrogens is 3. The number of amides is 1. The monoisotopic (exact) mass is 349 g/mol. The molecule has 0 aliphatic carbocycles. The number of anilines is 1. The lowest BCUT2D eigenvalue weighted by molar-refractivity contribution is -0.113. The zero-order chi connectivity index (χ0) is 17.5. The summed E-state index contributed by atoms with van der Waals surface area (Å²) in [5.41, 5.74) is 0.733. The fraction of sp³-hybridized carbons (Fsp3) is 0.333. The number of para-hydroxylation sites is 1. The highest BCUT2D eigenvalue weighted by molar-refractivity contribution is 7.99. The van der Waals surface area contributed by atoms with Gasteiger partial charge in [-0.3, -0.25) is 4.79 Å². The van der Waals surface area contributed by atoms with Crippen molar-refractivity contribution in [3.05, 3.63) is 35.7 Å². The Morgan fingerprint density at radius 3 is 2.75 bits per heavy atom. The quantitative estimate of drug-likeness (QED) is 0.443. The van der Waals surface area contributed by atoms with E-state index in [1.54, 1.807) is 31.2 Å². The SMILES string of the molecule is CCCOC(=O)c1ccccc1NC(=O)CSc1nnc(C)n1N.